The molecule has 0 saturated carbocycles. The van der Waals surface area contributed by atoms with Gasteiger partial charge in [0.15, 0.2) is 12.4 Å². The summed E-state index contributed by atoms with van der Waals surface area (Å²) in [4.78, 5) is 12.2. The maximum Gasteiger partial charge on any atom is 0.286 e. The molecular weight excluding hydrogens is 332 g/mol. The number of amides is 1. The number of nitrogens with zero attached hydrogens (tertiary/aromatic N) is 3. The van der Waals surface area contributed by atoms with Crippen LogP contribution in [0.5, 0.6) is 5.75 Å². The van der Waals surface area contributed by atoms with E-state index in [1.807, 2.05) is 18.0 Å². The van der Waals surface area contributed by atoms with Crippen molar-refractivity contribution in [3.05, 3.63) is 46.7 Å². The highest BCUT2D eigenvalue weighted by atomic mass is 35.5. The molecule has 8 heteroatoms. The number of hydrazine groups is 1. The maximum atomic E-state index is 12.2. The molecule has 1 aliphatic heterocycles. The molecule has 1 aromatic heterocycles. The molecule has 24 heavy (non-hydrogen) atoms. The number of hydrogen-bond donors (Lipinski definition) is 1. The summed E-state index contributed by atoms with van der Waals surface area (Å²) in [6.45, 7) is 4.70. The van der Waals surface area contributed by atoms with Crippen molar-refractivity contribution in [2.24, 2.45) is 0 Å². The summed E-state index contributed by atoms with van der Waals surface area (Å²) in [5.74, 6) is 0.463. The van der Waals surface area contributed by atoms with E-state index in [1.54, 1.807) is 29.1 Å². The standard InChI is InChI=1S/C16H19ClN4O3/c1-12-10-13(2-3-14(12)17)24-11-21-5-4-15(18-21)16(22)19-20-6-8-23-9-7-20/h2-5,10H,6-9,11H2,1H3,(H,19,22). The highest BCUT2D eigenvalue weighted by molar-refractivity contribution is 6.31. The van der Waals surface area contributed by atoms with Crippen LogP contribution in [0.3, 0.4) is 0 Å². The fourth-order valence-electron chi connectivity index (χ4n) is 2.28. The van der Waals surface area contributed by atoms with Gasteiger partial charge in [0, 0.05) is 24.3 Å². The van der Waals surface area contributed by atoms with Crippen LogP contribution in [0, 0.1) is 6.92 Å². The monoisotopic (exact) mass is 350 g/mol. The topological polar surface area (TPSA) is 68.6 Å². The van der Waals surface area contributed by atoms with E-state index in [1.165, 1.54) is 0 Å². The van der Waals surface area contributed by atoms with E-state index in [2.05, 4.69) is 10.5 Å². The van der Waals surface area contributed by atoms with E-state index < -0.39 is 0 Å². The average molecular weight is 351 g/mol. The van der Waals surface area contributed by atoms with Gasteiger partial charge in [-0.05, 0) is 36.8 Å². The highest BCUT2D eigenvalue weighted by Gasteiger charge is 2.16. The van der Waals surface area contributed by atoms with Gasteiger partial charge in [0.1, 0.15) is 5.75 Å². The quantitative estimate of drug-likeness (QED) is 0.891. The second-order valence-corrected chi connectivity index (χ2v) is 5.87. The number of benzene rings is 1. The van der Waals surface area contributed by atoms with E-state index in [0.29, 0.717) is 42.8 Å². The predicted molar refractivity (Wildman–Crippen MR) is 88.9 cm³/mol. The molecule has 2 heterocycles. The summed E-state index contributed by atoms with van der Waals surface area (Å²) < 4.78 is 12.5. The molecule has 3 rings (SSSR count). The zero-order valence-corrected chi connectivity index (χ0v) is 14.1. The van der Waals surface area contributed by atoms with Gasteiger partial charge >= 0.3 is 0 Å². The smallest absolute Gasteiger partial charge is 0.286 e. The van der Waals surface area contributed by atoms with E-state index in [-0.39, 0.29) is 12.6 Å². The Labute approximate surface area is 145 Å². The van der Waals surface area contributed by atoms with Gasteiger partial charge in [-0.3, -0.25) is 10.2 Å². The van der Waals surface area contributed by atoms with Crippen molar-refractivity contribution in [2.45, 2.75) is 13.7 Å². The number of aromatic nitrogens is 2. The lowest BCUT2D eigenvalue weighted by molar-refractivity contribution is 0.0124. The maximum absolute atomic E-state index is 12.2. The minimum atomic E-state index is -0.238. The van der Waals surface area contributed by atoms with Crippen molar-refractivity contribution in [3.8, 4) is 5.75 Å². The summed E-state index contributed by atoms with van der Waals surface area (Å²) in [6, 6.07) is 7.10. The van der Waals surface area contributed by atoms with Gasteiger partial charge in [-0.2, -0.15) is 5.10 Å². The van der Waals surface area contributed by atoms with Gasteiger partial charge in [-0.15, -0.1) is 0 Å². The summed E-state index contributed by atoms with van der Waals surface area (Å²) in [5.41, 5.74) is 4.11. The van der Waals surface area contributed by atoms with E-state index >= 15 is 0 Å². The number of carbonyl (C=O) groups is 1. The van der Waals surface area contributed by atoms with Crippen molar-refractivity contribution < 1.29 is 14.3 Å². The summed E-state index contributed by atoms with van der Waals surface area (Å²) in [5, 5.41) is 6.76. The van der Waals surface area contributed by atoms with Crippen LogP contribution in [0.15, 0.2) is 30.5 Å². The first kappa shape index (κ1) is 16.8. The van der Waals surface area contributed by atoms with Gasteiger partial charge in [-0.1, -0.05) is 11.6 Å². The van der Waals surface area contributed by atoms with Crippen LogP contribution in [0.2, 0.25) is 5.02 Å². The van der Waals surface area contributed by atoms with Crippen LogP contribution < -0.4 is 10.2 Å². The largest absolute Gasteiger partial charge is 0.471 e. The Morgan fingerprint density at radius 2 is 2.17 bits per heavy atom. The van der Waals surface area contributed by atoms with Crippen molar-refractivity contribution in [1.29, 1.82) is 0 Å². The van der Waals surface area contributed by atoms with Crippen molar-refractivity contribution >= 4 is 17.5 Å². The van der Waals surface area contributed by atoms with E-state index in [0.717, 1.165) is 5.56 Å². The first-order valence-corrected chi connectivity index (χ1v) is 8.06. The predicted octanol–water partition coefficient (Wildman–Crippen LogP) is 1.86. The Morgan fingerprint density at radius 3 is 2.92 bits per heavy atom. The lowest BCUT2D eigenvalue weighted by Crippen LogP contribution is -2.48. The molecule has 128 valence electrons. The molecule has 1 saturated heterocycles. The van der Waals surface area contributed by atoms with Gasteiger partial charge in [0.25, 0.3) is 5.91 Å². The molecule has 0 aliphatic carbocycles. The second-order valence-electron chi connectivity index (χ2n) is 5.47. The zero-order valence-electron chi connectivity index (χ0n) is 13.4. The summed E-state index contributed by atoms with van der Waals surface area (Å²) in [6.07, 6.45) is 1.71. The molecule has 0 atom stereocenters. The number of ether oxygens (including phenoxy) is 2. The number of rotatable bonds is 5. The normalized spacial score (nSPS) is 15.2. The molecule has 1 amide bonds. The zero-order chi connectivity index (χ0) is 16.9. The first-order valence-electron chi connectivity index (χ1n) is 7.68. The molecule has 2 aromatic rings. The van der Waals surface area contributed by atoms with Gasteiger partial charge in [-0.25, -0.2) is 9.69 Å². The minimum Gasteiger partial charge on any atom is -0.471 e. The van der Waals surface area contributed by atoms with Crippen LogP contribution in [0.4, 0.5) is 0 Å². The second kappa shape index (κ2) is 7.65. The Balaban J connectivity index is 1.54. The lowest BCUT2D eigenvalue weighted by Gasteiger charge is -2.26. The third kappa shape index (κ3) is 4.25. The molecule has 0 bridgehead atoms. The molecule has 0 spiro atoms. The Kier molecular flexibility index (Phi) is 5.34. The first-order chi connectivity index (χ1) is 11.6. The Hall–Kier alpha value is -2.09. The number of aryl methyl sites for hydroxylation is 1. The lowest BCUT2D eigenvalue weighted by atomic mass is 10.2. The van der Waals surface area contributed by atoms with Crippen molar-refractivity contribution in [1.82, 2.24) is 20.2 Å². The number of carbonyl (C=O) groups excluding carboxylic acids is 1. The molecular formula is C16H19ClN4O3. The average Bonchev–Trinajstić information content (AvgIpc) is 3.06. The van der Waals surface area contributed by atoms with Gasteiger partial charge in [0.05, 0.1) is 13.2 Å². The fourth-order valence-corrected chi connectivity index (χ4v) is 2.40. The van der Waals surface area contributed by atoms with Crippen LogP contribution in [-0.4, -0.2) is 47.0 Å². The molecule has 1 aromatic carbocycles. The molecule has 1 aliphatic rings. The number of hydrogen-bond acceptors (Lipinski definition) is 5. The Morgan fingerprint density at radius 1 is 1.38 bits per heavy atom. The SMILES string of the molecule is Cc1cc(OCn2ccc(C(=O)NN3CCOCC3)n2)ccc1Cl. The van der Waals surface area contributed by atoms with E-state index in [9.17, 15) is 4.79 Å². The molecule has 1 fully saturated rings. The molecule has 0 unspecified atom stereocenters. The minimum absolute atomic E-state index is 0.214. The van der Waals surface area contributed by atoms with Crippen molar-refractivity contribution in [3.63, 3.8) is 0 Å². The summed E-state index contributed by atoms with van der Waals surface area (Å²) >= 11 is 5.99. The van der Waals surface area contributed by atoms with Crippen LogP contribution >= 0.6 is 11.6 Å². The molecule has 1 N–H and O–H groups in total. The fraction of sp³-hybridized carbons (Fsp3) is 0.375. The third-order valence-corrected chi connectivity index (χ3v) is 4.06. The third-order valence-electron chi connectivity index (χ3n) is 3.64. The van der Waals surface area contributed by atoms with E-state index in [4.69, 9.17) is 21.1 Å². The summed E-state index contributed by atoms with van der Waals surface area (Å²) in [7, 11) is 0. The van der Waals surface area contributed by atoms with Crippen LogP contribution in [0.1, 0.15) is 16.1 Å². The highest BCUT2D eigenvalue weighted by Crippen LogP contribution is 2.21. The van der Waals surface area contributed by atoms with Crippen LogP contribution in [-0.2, 0) is 11.5 Å². The number of nitrogens with one attached hydrogen (secondary N) is 1. The van der Waals surface area contributed by atoms with Gasteiger partial charge in [0.2, 0.25) is 0 Å². The molecule has 0 radical (unpaired) electrons. The number of halogens is 1. The van der Waals surface area contributed by atoms with Crippen LogP contribution in [0.25, 0.3) is 0 Å². The molecule has 7 nitrogen and oxygen atoms in total. The van der Waals surface area contributed by atoms with Gasteiger partial charge < -0.3 is 9.47 Å². The Bertz CT molecular complexity index is 713. The number of morpholine rings is 1. The van der Waals surface area contributed by atoms with Crippen molar-refractivity contribution in [2.75, 3.05) is 26.3 Å².